The van der Waals surface area contributed by atoms with Gasteiger partial charge in [0.2, 0.25) is 0 Å². The smallest absolute Gasteiger partial charge is 0.274 e. The first-order valence-corrected chi connectivity index (χ1v) is 11.4. The van der Waals surface area contributed by atoms with Gasteiger partial charge in [-0.05, 0) is 42.0 Å². The largest absolute Gasteiger partial charge is 0.384 e. The van der Waals surface area contributed by atoms with Crippen LogP contribution >= 0.6 is 0 Å². The van der Waals surface area contributed by atoms with Crippen molar-refractivity contribution in [3.05, 3.63) is 94.4 Å². The van der Waals surface area contributed by atoms with Crippen molar-refractivity contribution in [3.63, 3.8) is 0 Å². The van der Waals surface area contributed by atoms with E-state index in [0.717, 1.165) is 47.5 Å². The number of fused-ring (bicyclic) bond motifs is 3. The molecule has 0 saturated heterocycles. The van der Waals surface area contributed by atoms with E-state index in [1.165, 1.54) is 11.1 Å². The molecular formula is C26H27N5O3. The van der Waals surface area contributed by atoms with Crippen LogP contribution in [0.25, 0.3) is 11.3 Å². The van der Waals surface area contributed by atoms with Crippen LogP contribution in [0.1, 0.15) is 44.4 Å². The maximum Gasteiger partial charge on any atom is 0.274 e. The summed E-state index contributed by atoms with van der Waals surface area (Å²) in [6.07, 6.45) is 4.43. The molecule has 1 aliphatic rings. The van der Waals surface area contributed by atoms with Crippen molar-refractivity contribution in [3.8, 4) is 11.3 Å². The SMILES string of the molecule is COCCc1nn(Cc2ccc(C(=O)NO)cc2)c2c1C(Cc1ccccc1)Cc1[nH]ncc1-2. The summed E-state index contributed by atoms with van der Waals surface area (Å²) in [6.45, 7) is 1.16. The molecule has 5 rings (SSSR count). The number of hydrogen-bond donors (Lipinski definition) is 3. The lowest BCUT2D eigenvalue weighted by Gasteiger charge is -2.24. The van der Waals surface area contributed by atoms with Gasteiger partial charge >= 0.3 is 0 Å². The zero-order valence-corrected chi connectivity index (χ0v) is 19.0. The van der Waals surface area contributed by atoms with E-state index in [4.69, 9.17) is 15.0 Å². The third-order valence-electron chi connectivity index (χ3n) is 6.42. The quantitative estimate of drug-likeness (QED) is 0.277. The molecule has 4 aromatic rings. The van der Waals surface area contributed by atoms with Crippen LogP contribution in [-0.2, 0) is 30.5 Å². The van der Waals surface area contributed by atoms with E-state index in [-0.39, 0.29) is 5.92 Å². The number of nitrogens with zero attached hydrogens (tertiary/aromatic N) is 3. The van der Waals surface area contributed by atoms with Crippen LogP contribution in [0.2, 0.25) is 0 Å². The molecule has 0 spiro atoms. The molecule has 8 heteroatoms. The van der Waals surface area contributed by atoms with Crippen molar-refractivity contribution >= 4 is 5.91 Å². The van der Waals surface area contributed by atoms with Crippen LogP contribution in [0, 0.1) is 0 Å². The third-order valence-corrected chi connectivity index (χ3v) is 6.42. The van der Waals surface area contributed by atoms with Gasteiger partial charge in [0.15, 0.2) is 0 Å². The number of methoxy groups -OCH3 is 1. The van der Waals surface area contributed by atoms with Crippen LogP contribution in [0.4, 0.5) is 0 Å². The monoisotopic (exact) mass is 457 g/mol. The van der Waals surface area contributed by atoms with Crippen LogP contribution in [0.5, 0.6) is 0 Å². The molecule has 1 atom stereocenters. The summed E-state index contributed by atoms with van der Waals surface area (Å²) in [5.41, 5.74) is 10.0. The first-order valence-electron chi connectivity index (χ1n) is 11.4. The number of hydrogen-bond acceptors (Lipinski definition) is 5. The number of benzene rings is 2. The fourth-order valence-corrected chi connectivity index (χ4v) is 4.83. The Hall–Kier alpha value is -3.75. The second kappa shape index (κ2) is 9.62. The van der Waals surface area contributed by atoms with Crippen molar-refractivity contribution in [1.82, 2.24) is 25.5 Å². The van der Waals surface area contributed by atoms with Crippen molar-refractivity contribution in [2.45, 2.75) is 31.7 Å². The first-order chi connectivity index (χ1) is 16.7. The second-order valence-corrected chi connectivity index (χ2v) is 8.60. The summed E-state index contributed by atoms with van der Waals surface area (Å²) in [5.74, 6) is -0.252. The molecule has 2 aromatic heterocycles. The van der Waals surface area contributed by atoms with Crippen LogP contribution in [0.15, 0.2) is 60.8 Å². The fraction of sp³-hybridized carbons (Fsp3) is 0.269. The van der Waals surface area contributed by atoms with Crippen LogP contribution < -0.4 is 5.48 Å². The number of H-pyrrole nitrogens is 1. The number of carbonyl (C=O) groups excluding carboxylic acids is 1. The molecule has 0 radical (unpaired) electrons. The number of aromatic amines is 1. The Morgan fingerprint density at radius 1 is 1.18 bits per heavy atom. The maximum atomic E-state index is 11.7. The Morgan fingerprint density at radius 3 is 2.71 bits per heavy atom. The lowest BCUT2D eigenvalue weighted by molar-refractivity contribution is 0.0706. The van der Waals surface area contributed by atoms with E-state index in [9.17, 15) is 4.79 Å². The van der Waals surface area contributed by atoms with Crippen molar-refractivity contribution in [1.29, 1.82) is 0 Å². The van der Waals surface area contributed by atoms with Gasteiger partial charge in [-0.3, -0.25) is 19.8 Å². The summed E-state index contributed by atoms with van der Waals surface area (Å²) in [7, 11) is 1.71. The van der Waals surface area contributed by atoms with Crippen LogP contribution in [-0.4, -0.2) is 44.8 Å². The molecule has 1 amide bonds. The summed E-state index contributed by atoms with van der Waals surface area (Å²) < 4.78 is 7.44. The molecule has 2 aromatic carbocycles. The van der Waals surface area contributed by atoms with Crippen LogP contribution in [0.3, 0.4) is 0 Å². The number of hydroxylamine groups is 1. The minimum atomic E-state index is -0.531. The Kier molecular flexibility index (Phi) is 6.24. The van der Waals surface area contributed by atoms with Gasteiger partial charge in [0, 0.05) is 35.9 Å². The van der Waals surface area contributed by atoms with E-state index < -0.39 is 5.91 Å². The minimum Gasteiger partial charge on any atom is -0.384 e. The Balaban J connectivity index is 1.55. The molecular weight excluding hydrogens is 430 g/mol. The highest BCUT2D eigenvalue weighted by Crippen LogP contribution is 2.42. The lowest BCUT2D eigenvalue weighted by atomic mass is 9.80. The van der Waals surface area contributed by atoms with Gasteiger partial charge in [0.25, 0.3) is 5.91 Å². The predicted octanol–water partition coefficient (Wildman–Crippen LogP) is 3.51. The van der Waals surface area contributed by atoms with E-state index in [1.807, 2.05) is 29.1 Å². The van der Waals surface area contributed by atoms with E-state index >= 15 is 0 Å². The minimum absolute atomic E-state index is 0.279. The average Bonchev–Trinajstić information content (AvgIpc) is 3.48. The first kappa shape index (κ1) is 22.1. The second-order valence-electron chi connectivity index (χ2n) is 8.60. The highest BCUT2D eigenvalue weighted by molar-refractivity contribution is 5.93. The molecule has 0 bridgehead atoms. The Labute approximate surface area is 197 Å². The van der Waals surface area contributed by atoms with Gasteiger partial charge < -0.3 is 4.74 Å². The molecule has 1 unspecified atom stereocenters. The average molecular weight is 458 g/mol. The molecule has 8 nitrogen and oxygen atoms in total. The predicted molar refractivity (Wildman–Crippen MR) is 127 cm³/mol. The molecule has 0 aliphatic heterocycles. The molecule has 2 heterocycles. The number of rotatable bonds is 8. The van der Waals surface area contributed by atoms with Gasteiger partial charge in [-0.15, -0.1) is 0 Å². The van der Waals surface area contributed by atoms with E-state index in [1.54, 1.807) is 24.7 Å². The van der Waals surface area contributed by atoms with Gasteiger partial charge in [-0.1, -0.05) is 42.5 Å². The zero-order valence-electron chi connectivity index (χ0n) is 19.0. The highest BCUT2D eigenvalue weighted by Gasteiger charge is 2.33. The summed E-state index contributed by atoms with van der Waals surface area (Å²) in [6, 6.07) is 17.7. The molecule has 34 heavy (non-hydrogen) atoms. The number of carbonyl (C=O) groups is 1. The zero-order chi connectivity index (χ0) is 23.5. The number of ether oxygens (including phenoxy) is 1. The van der Waals surface area contributed by atoms with Gasteiger partial charge in [0.1, 0.15) is 0 Å². The fourth-order valence-electron chi connectivity index (χ4n) is 4.83. The molecule has 1 aliphatic carbocycles. The topological polar surface area (TPSA) is 105 Å². The molecule has 174 valence electrons. The molecule has 3 N–H and O–H groups in total. The van der Waals surface area contributed by atoms with E-state index in [0.29, 0.717) is 18.7 Å². The Morgan fingerprint density at radius 2 is 1.97 bits per heavy atom. The number of aromatic nitrogens is 4. The van der Waals surface area contributed by atoms with Gasteiger partial charge in [-0.25, -0.2) is 5.48 Å². The molecule has 0 saturated carbocycles. The number of nitrogens with one attached hydrogen (secondary N) is 2. The van der Waals surface area contributed by atoms with Crippen molar-refractivity contribution in [2.24, 2.45) is 0 Å². The van der Waals surface area contributed by atoms with Crippen molar-refractivity contribution in [2.75, 3.05) is 13.7 Å². The normalized spacial score (nSPS) is 14.5. The van der Waals surface area contributed by atoms with Gasteiger partial charge in [-0.2, -0.15) is 10.2 Å². The van der Waals surface area contributed by atoms with E-state index in [2.05, 4.69) is 34.5 Å². The maximum absolute atomic E-state index is 11.7. The third kappa shape index (κ3) is 4.25. The highest BCUT2D eigenvalue weighted by atomic mass is 16.5. The standard InChI is InChI=1S/C26H27N5O3/c1-34-12-11-22-24-20(13-17-5-3-2-4-6-17)14-23-21(15-27-28-23)25(24)31(29-22)16-18-7-9-19(10-8-18)26(32)30-33/h2-10,15,20,33H,11-14,16H2,1H3,(H,27,28)(H,30,32). The summed E-state index contributed by atoms with van der Waals surface area (Å²) >= 11 is 0. The summed E-state index contributed by atoms with van der Waals surface area (Å²) in [5, 5.41) is 21.5. The Bertz CT molecular complexity index is 1280. The summed E-state index contributed by atoms with van der Waals surface area (Å²) in [4.78, 5) is 11.7. The number of amides is 1. The van der Waals surface area contributed by atoms with Crippen molar-refractivity contribution < 1.29 is 14.7 Å². The molecule has 0 fully saturated rings. The lowest BCUT2D eigenvalue weighted by Crippen LogP contribution is -2.18. The van der Waals surface area contributed by atoms with Gasteiger partial charge in [0.05, 0.1) is 30.7 Å².